The average molecular weight is 443 g/mol. The van der Waals surface area contributed by atoms with Gasteiger partial charge in [-0.3, -0.25) is 4.79 Å². The second-order valence-electron chi connectivity index (χ2n) is 11.6. The van der Waals surface area contributed by atoms with Crippen molar-refractivity contribution in [2.75, 3.05) is 0 Å². The highest BCUT2D eigenvalue weighted by molar-refractivity contribution is 5.66. The molecule has 4 saturated carbocycles. The molecule has 0 bridgehead atoms. The van der Waals surface area contributed by atoms with Crippen LogP contribution in [0.2, 0.25) is 0 Å². The van der Waals surface area contributed by atoms with E-state index < -0.39 is 0 Å². The highest BCUT2D eigenvalue weighted by Crippen LogP contribution is 2.78. The van der Waals surface area contributed by atoms with E-state index in [2.05, 4.69) is 13.8 Å². The van der Waals surface area contributed by atoms with Gasteiger partial charge in [0.1, 0.15) is 17.8 Å². The largest absolute Gasteiger partial charge is 0.459 e. The van der Waals surface area contributed by atoms with Gasteiger partial charge in [-0.2, -0.15) is 0 Å². The molecule has 0 amide bonds. The number of epoxide rings is 1. The minimum Gasteiger partial charge on any atom is -0.459 e. The normalized spacial score (nSPS) is 51.1. The molecule has 6 nitrogen and oxygen atoms in total. The topological polar surface area (TPSA) is 89.3 Å². The summed E-state index contributed by atoms with van der Waals surface area (Å²) in [7, 11) is 0. The van der Waals surface area contributed by atoms with Crippen LogP contribution in [0.5, 0.6) is 0 Å². The maximum atomic E-state index is 12.1. The second-order valence-corrected chi connectivity index (χ2v) is 11.6. The Morgan fingerprint density at radius 1 is 1.12 bits per heavy atom. The standard InChI is InChI=1S/C26H34O6/c1-14(27)31-22-21(15-4-7-20(29)30-13-15)25(3)11-9-18-19(26(25)23(22)32-26)6-5-16-12-17(28)8-10-24(16,18)2/h4,7,13,16-19,21-23,28H,5-6,8-12H2,1-3H3/t16?,17?,18?,19?,21?,22?,23-,24?,25?,26?/m1/s1. The lowest BCUT2D eigenvalue weighted by Gasteiger charge is -2.61. The molecule has 1 N–H and O–H groups in total. The van der Waals surface area contributed by atoms with Gasteiger partial charge in [0.05, 0.1) is 12.4 Å². The number of esters is 1. The molecule has 174 valence electrons. The van der Waals surface area contributed by atoms with E-state index in [1.165, 1.54) is 13.0 Å². The van der Waals surface area contributed by atoms with Crippen molar-refractivity contribution in [1.82, 2.24) is 0 Å². The van der Waals surface area contributed by atoms with Crippen LogP contribution in [0.4, 0.5) is 0 Å². The summed E-state index contributed by atoms with van der Waals surface area (Å²) in [6.07, 6.45) is 8.20. The van der Waals surface area contributed by atoms with Crippen LogP contribution in [0.15, 0.2) is 27.6 Å². The first-order valence-corrected chi connectivity index (χ1v) is 12.3. The molecule has 0 aromatic carbocycles. The minimum atomic E-state index is -0.369. The first-order chi connectivity index (χ1) is 15.2. The monoisotopic (exact) mass is 442 g/mol. The lowest BCUT2D eigenvalue weighted by atomic mass is 9.44. The zero-order chi connectivity index (χ0) is 22.5. The minimum absolute atomic E-state index is 0.0471. The van der Waals surface area contributed by atoms with Crippen LogP contribution in [0.25, 0.3) is 0 Å². The van der Waals surface area contributed by atoms with Crippen LogP contribution in [0, 0.1) is 28.6 Å². The van der Waals surface area contributed by atoms with Crippen LogP contribution in [0.1, 0.15) is 77.2 Å². The number of aliphatic hydroxyl groups is 1. The summed E-state index contributed by atoms with van der Waals surface area (Å²) in [6, 6.07) is 3.30. The molecular weight excluding hydrogens is 408 g/mol. The van der Waals surface area contributed by atoms with Gasteiger partial charge < -0.3 is 19.0 Å². The lowest BCUT2D eigenvalue weighted by molar-refractivity contribution is -0.158. The van der Waals surface area contributed by atoms with Crippen LogP contribution >= 0.6 is 0 Å². The Kier molecular flexibility index (Phi) is 4.37. The predicted octanol–water partition coefficient (Wildman–Crippen LogP) is 3.80. The number of carbonyl (C=O) groups is 1. The van der Waals surface area contributed by atoms with E-state index >= 15 is 0 Å². The molecule has 4 aliphatic carbocycles. The van der Waals surface area contributed by atoms with Crippen molar-refractivity contribution in [3.63, 3.8) is 0 Å². The number of aliphatic hydroxyl groups excluding tert-OH is 1. The van der Waals surface area contributed by atoms with Crippen molar-refractivity contribution in [3.05, 3.63) is 34.4 Å². The summed E-state index contributed by atoms with van der Waals surface area (Å²) in [4.78, 5) is 23.7. The molecule has 5 fully saturated rings. The van der Waals surface area contributed by atoms with E-state index in [-0.39, 0.29) is 52.3 Å². The molecule has 1 aromatic rings. The number of fused-ring (bicyclic) bond motifs is 3. The molecule has 9 unspecified atom stereocenters. The Morgan fingerprint density at radius 2 is 1.94 bits per heavy atom. The zero-order valence-corrected chi connectivity index (χ0v) is 19.2. The van der Waals surface area contributed by atoms with Crippen molar-refractivity contribution in [3.8, 4) is 0 Å². The fourth-order valence-corrected chi connectivity index (χ4v) is 9.10. The number of hydrogen-bond donors (Lipinski definition) is 1. The van der Waals surface area contributed by atoms with Crippen LogP contribution < -0.4 is 5.63 Å². The van der Waals surface area contributed by atoms with Crippen molar-refractivity contribution in [2.24, 2.45) is 28.6 Å². The molecule has 1 saturated heterocycles. The van der Waals surface area contributed by atoms with Gasteiger partial charge in [0.15, 0.2) is 0 Å². The van der Waals surface area contributed by atoms with Crippen molar-refractivity contribution < 1.29 is 23.8 Å². The molecule has 5 aliphatic rings. The Labute approximate surface area is 188 Å². The van der Waals surface area contributed by atoms with Gasteiger partial charge in [-0.25, -0.2) is 4.79 Å². The summed E-state index contributed by atoms with van der Waals surface area (Å²) >= 11 is 0. The highest BCUT2D eigenvalue weighted by atomic mass is 16.7. The number of hydrogen-bond acceptors (Lipinski definition) is 6. The molecule has 10 atom stereocenters. The van der Waals surface area contributed by atoms with Gasteiger partial charge in [0, 0.05) is 24.3 Å². The average Bonchev–Trinajstić information content (AvgIpc) is 3.44. The van der Waals surface area contributed by atoms with Crippen molar-refractivity contribution >= 4 is 5.97 Å². The van der Waals surface area contributed by atoms with Gasteiger partial charge in [0.2, 0.25) is 0 Å². The summed E-state index contributed by atoms with van der Waals surface area (Å²) in [5, 5.41) is 10.3. The smallest absolute Gasteiger partial charge is 0.335 e. The Hall–Kier alpha value is -1.66. The van der Waals surface area contributed by atoms with E-state index in [1.54, 1.807) is 6.26 Å². The SMILES string of the molecule is CC(=O)OC1C(c2ccc(=O)oc2)C2(C)CCC3C(CCC4CC(O)CCC43C)C23O[C@H]13. The lowest BCUT2D eigenvalue weighted by Crippen LogP contribution is -2.58. The molecule has 2 heterocycles. The molecule has 1 aromatic heterocycles. The fourth-order valence-electron chi connectivity index (χ4n) is 9.10. The van der Waals surface area contributed by atoms with Crippen LogP contribution in [0.3, 0.4) is 0 Å². The molecular formula is C26H34O6. The van der Waals surface area contributed by atoms with Gasteiger partial charge in [-0.15, -0.1) is 0 Å². The van der Waals surface area contributed by atoms with Gasteiger partial charge in [0.25, 0.3) is 0 Å². The number of rotatable bonds is 2. The molecule has 0 radical (unpaired) electrons. The van der Waals surface area contributed by atoms with Gasteiger partial charge in [-0.1, -0.05) is 13.8 Å². The Bertz CT molecular complexity index is 982. The maximum absolute atomic E-state index is 12.1. The molecule has 6 heteroatoms. The van der Waals surface area contributed by atoms with E-state index in [4.69, 9.17) is 13.9 Å². The molecule has 1 spiro atoms. The number of carbonyl (C=O) groups excluding carboxylic acids is 1. The predicted molar refractivity (Wildman–Crippen MR) is 116 cm³/mol. The van der Waals surface area contributed by atoms with E-state index in [0.717, 1.165) is 50.5 Å². The second kappa shape index (κ2) is 6.69. The third kappa shape index (κ3) is 2.54. The van der Waals surface area contributed by atoms with Gasteiger partial charge >= 0.3 is 11.6 Å². The Morgan fingerprint density at radius 3 is 2.66 bits per heavy atom. The first kappa shape index (κ1) is 20.9. The summed E-state index contributed by atoms with van der Waals surface area (Å²) in [5.41, 5.74) is 0.319. The Balaban J connectivity index is 1.41. The summed E-state index contributed by atoms with van der Waals surface area (Å²) in [6.45, 7) is 6.23. The van der Waals surface area contributed by atoms with Gasteiger partial charge in [-0.05, 0) is 79.7 Å². The maximum Gasteiger partial charge on any atom is 0.335 e. The van der Waals surface area contributed by atoms with Crippen LogP contribution in [-0.4, -0.2) is 35.0 Å². The quantitative estimate of drug-likeness (QED) is 0.554. The van der Waals surface area contributed by atoms with Crippen LogP contribution in [-0.2, 0) is 14.3 Å². The number of ether oxygens (including phenoxy) is 2. The third-order valence-electron chi connectivity index (χ3n) is 10.5. The molecule has 32 heavy (non-hydrogen) atoms. The summed E-state index contributed by atoms with van der Waals surface area (Å²) in [5.74, 6) is 1.24. The zero-order valence-electron chi connectivity index (χ0n) is 19.2. The van der Waals surface area contributed by atoms with E-state index in [0.29, 0.717) is 17.8 Å². The molecule has 1 aliphatic heterocycles. The third-order valence-corrected chi connectivity index (χ3v) is 10.5. The molecule has 6 rings (SSSR count). The van der Waals surface area contributed by atoms with E-state index in [1.807, 2.05) is 6.07 Å². The highest BCUT2D eigenvalue weighted by Gasteiger charge is 2.84. The first-order valence-electron chi connectivity index (χ1n) is 12.3. The van der Waals surface area contributed by atoms with Crippen molar-refractivity contribution in [2.45, 2.75) is 95.5 Å². The van der Waals surface area contributed by atoms with E-state index in [9.17, 15) is 14.7 Å². The fraction of sp³-hybridized carbons (Fsp3) is 0.769. The summed E-state index contributed by atoms with van der Waals surface area (Å²) < 4.78 is 17.8. The van der Waals surface area contributed by atoms with Crippen molar-refractivity contribution in [1.29, 1.82) is 0 Å².